The standard InChI is InChI=1S/C14H20N2O3S2/c1-3-20-9-5-8-16-10-13(21(15,17)18)14-11(16)6-4-7-12(14)19-2/h4,6-7,10H,3,5,8-9H2,1-2H3,(H2,15,17,18). The van der Waals surface area contributed by atoms with Gasteiger partial charge < -0.3 is 9.30 Å². The number of nitrogens with zero attached hydrogens (tertiary/aromatic N) is 1. The lowest BCUT2D eigenvalue weighted by molar-refractivity contribution is 0.419. The highest BCUT2D eigenvalue weighted by atomic mass is 32.2. The zero-order chi connectivity index (χ0) is 15.5. The van der Waals surface area contributed by atoms with Crippen molar-refractivity contribution in [3.05, 3.63) is 24.4 Å². The highest BCUT2D eigenvalue weighted by Crippen LogP contribution is 2.33. The van der Waals surface area contributed by atoms with Crippen molar-refractivity contribution in [1.29, 1.82) is 0 Å². The number of rotatable bonds is 7. The fraction of sp³-hybridized carbons (Fsp3) is 0.429. The molecule has 0 radical (unpaired) electrons. The summed E-state index contributed by atoms with van der Waals surface area (Å²) in [5.41, 5.74) is 0.833. The first kappa shape index (κ1) is 16.2. The number of benzene rings is 1. The molecular formula is C14H20N2O3S2. The third-order valence-corrected chi connectivity index (χ3v) is 5.16. The minimum atomic E-state index is -3.78. The summed E-state index contributed by atoms with van der Waals surface area (Å²) in [6, 6.07) is 5.49. The van der Waals surface area contributed by atoms with Gasteiger partial charge in [0.25, 0.3) is 0 Å². The first-order valence-electron chi connectivity index (χ1n) is 6.75. The molecule has 2 N–H and O–H groups in total. The van der Waals surface area contributed by atoms with Crippen LogP contribution in [0.5, 0.6) is 5.75 Å². The van der Waals surface area contributed by atoms with E-state index < -0.39 is 10.0 Å². The second kappa shape index (κ2) is 6.72. The van der Waals surface area contributed by atoms with Gasteiger partial charge in [-0.25, -0.2) is 13.6 Å². The first-order valence-corrected chi connectivity index (χ1v) is 9.45. The molecule has 2 rings (SSSR count). The number of sulfonamides is 1. The van der Waals surface area contributed by atoms with Gasteiger partial charge in [0, 0.05) is 12.7 Å². The summed E-state index contributed by atoms with van der Waals surface area (Å²) in [6.07, 6.45) is 2.59. The molecule has 0 unspecified atom stereocenters. The third kappa shape index (κ3) is 3.53. The molecule has 2 aromatic rings. The smallest absolute Gasteiger partial charge is 0.240 e. The van der Waals surface area contributed by atoms with Crippen molar-refractivity contribution in [2.24, 2.45) is 5.14 Å². The fourth-order valence-corrected chi connectivity index (χ4v) is 3.72. The molecule has 0 aliphatic carbocycles. The van der Waals surface area contributed by atoms with Crippen LogP contribution in [0, 0.1) is 0 Å². The maximum absolute atomic E-state index is 11.8. The summed E-state index contributed by atoms with van der Waals surface area (Å²) >= 11 is 1.87. The zero-order valence-corrected chi connectivity index (χ0v) is 13.8. The Labute approximate surface area is 129 Å². The molecule has 0 bridgehead atoms. The van der Waals surface area contributed by atoms with E-state index in [0.717, 1.165) is 30.0 Å². The largest absolute Gasteiger partial charge is 0.496 e. The highest BCUT2D eigenvalue weighted by Gasteiger charge is 2.20. The van der Waals surface area contributed by atoms with Crippen LogP contribution in [0.1, 0.15) is 13.3 Å². The van der Waals surface area contributed by atoms with E-state index in [1.165, 1.54) is 7.11 Å². The Morgan fingerprint density at radius 2 is 2.14 bits per heavy atom. The van der Waals surface area contributed by atoms with Crippen LogP contribution in [0.15, 0.2) is 29.3 Å². The number of primary sulfonamides is 1. The van der Waals surface area contributed by atoms with Crippen molar-refractivity contribution in [1.82, 2.24) is 4.57 Å². The Kier molecular flexibility index (Phi) is 5.18. The minimum Gasteiger partial charge on any atom is -0.496 e. The van der Waals surface area contributed by atoms with Crippen LogP contribution in [-0.2, 0) is 16.6 Å². The Hall–Kier alpha value is -1.18. The average molecular weight is 328 g/mol. The molecule has 0 atom stereocenters. The Morgan fingerprint density at radius 3 is 2.76 bits per heavy atom. The molecule has 21 heavy (non-hydrogen) atoms. The molecule has 0 amide bonds. The Bertz CT molecular complexity index is 723. The Morgan fingerprint density at radius 1 is 1.38 bits per heavy atom. The summed E-state index contributed by atoms with van der Waals surface area (Å²) in [5, 5.41) is 5.90. The summed E-state index contributed by atoms with van der Waals surface area (Å²) < 4.78 is 30.8. The van der Waals surface area contributed by atoms with E-state index in [1.54, 1.807) is 12.3 Å². The van der Waals surface area contributed by atoms with Crippen LogP contribution in [0.2, 0.25) is 0 Å². The van der Waals surface area contributed by atoms with E-state index in [4.69, 9.17) is 9.88 Å². The number of aromatic nitrogens is 1. The lowest BCUT2D eigenvalue weighted by atomic mass is 10.2. The predicted octanol–water partition coefficient (Wildman–Crippen LogP) is 2.44. The van der Waals surface area contributed by atoms with Crippen molar-refractivity contribution in [2.75, 3.05) is 18.6 Å². The number of fused-ring (bicyclic) bond motifs is 1. The van der Waals surface area contributed by atoms with E-state index in [0.29, 0.717) is 11.1 Å². The number of hydrogen-bond acceptors (Lipinski definition) is 4. The van der Waals surface area contributed by atoms with E-state index >= 15 is 0 Å². The van der Waals surface area contributed by atoms with Crippen molar-refractivity contribution in [3.8, 4) is 5.75 Å². The van der Waals surface area contributed by atoms with Gasteiger partial charge >= 0.3 is 0 Å². The van der Waals surface area contributed by atoms with E-state index in [9.17, 15) is 8.42 Å². The molecule has 1 aromatic carbocycles. The number of methoxy groups -OCH3 is 1. The minimum absolute atomic E-state index is 0.123. The highest BCUT2D eigenvalue weighted by molar-refractivity contribution is 7.99. The monoisotopic (exact) mass is 328 g/mol. The number of nitrogens with two attached hydrogens (primary N) is 1. The van der Waals surface area contributed by atoms with Crippen molar-refractivity contribution in [2.45, 2.75) is 24.8 Å². The summed E-state index contributed by atoms with van der Waals surface area (Å²) in [6.45, 7) is 2.88. The molecule has 0 aliphatic rings. The molecule has 7 heteroatoms. The van der Waals surface area contributed by atoms with Crippen LogP contribution in [0.25, 0.3) is 10.9 Å². The van der Waals surface area contributed by atoms with Crippen LogP contribution < -0.4 is 9.88 Å². The molecule has 0 saturated carbocycles. The van der Waals surface area contributed by atoms with Crippen LogP contribution in [0.4, 0.5) is 0 Å². The summed E-state index contributed by atoms with van der Waals surface area (Å²) in [4.78, 5) is 0.123. The summed E-state index contributed by atoms with van der Waals surface area (Å²) in [5.74, 6) is 2.66. The fourth-order valence-electron chi connectivity index (χ4n) is 2.33. The average Bonchev–Trinajstić information content (AvgIpc) is 2.82. The van der Waals surface area contributed by atoms with Gasteiger partial charge in [0.1, 0.15) is 10.6 Å². The molecular weight excluding hydrogens is 308 g/mol. The molecule has 0 aliphatic heterocycles. The van der Waals surface area contributed by atoms with Gasteiger partial charge in [-0.1, -0.05) is 13.0 Å². The summed E-state index contributed by atoms with van der Waals surface area (Å²) in [7, 11) is -2.26. The molecule has 0 spiro atoms. The van der Waals surface area contributed by atoms with Gasteiger partial charge in [-0.3, -0.25) is 0 Å². The number of thioether (sulfide) groups is 1. The first-order chi connectivity index (χ1) is 9.99. The molecule has 116 valence electrons. The molecule has 5 nitrogen and oxygen atoms in total. The second-order valence-electron chi connectivity index (χ2n) is 4.64. The van der Waals surface area contributed by atoms with Gasteiger partial charge in [-0.15, -0.1) is 0 Å². The predicted molar refractivity (Wildman–Crippen MR) is 87.5 cm³/mol. The van der Waals surface area contributed by atoms with Gasteiger partial charge in [0.05, 0.1) is 18.0 Å². The molecule has 0 fully saturated rings. The third-order valence-electron chi connectivity index (χ3n) is 3.25. The van der Waals surface area contributed by atoms with Crippen molar-refractivity contribution in [3.63, 3.8) is 0 Å². The van der Waals surface area contributed by atoms with Gasteiger partial charge in [0.2, 0.25) is 10.0 Å². The van der Waals surface area contributed by atoms with Gasteiger partial charge in [-0.05, 0) is 30.1 Å². The topological polar surface area (TPSA) is 74.3 Å². The van der Waals surface area contributed by atoms with Crippen molar-refractivity contribution < 1.29 is 13.2 Å². The van der Waals surface area contributed by atoms with Crippen LogP contribution in [-0.4, -0.2) is 31.6 Å². The molecule has 0 saturated heterocycles. The van der Waals surface area contributed by atoms with Crippen LogP contribution in [0.3, 0.4) is 0 Å². The van der Waals surface area contributed by atoms with Crippen molar-refractivity contribution >= 4 is 32.7 Å². The molecule has 1 heterocycles. The maximum atomic E-state index is 11.8. The number of hydrogen-bond donors (Lipinski definition) is 1. The lowest BCUT2D eigenvalue weighted by Gasteiger charge is -2.06. The number of aryl methyl sites for hydroxylation is 1. The normalized spacial score (nSPS) is 12.0. The van der Waals surface area contributed by atoms with E-state index in [1.807, 2.05) is 28.5 Å². The Balaban J connectivity index is 2.48. The number of ether oxygens (including phenoxy) is 1. The maximum Gasteiger partial charge on any atom is 0.240 e. The SMILES string of the molecule is CCSCCCn1cc(S(N)(=O)=O)c2c(OC)cccc21. The second-order valence-corrected chi connectivity index (χ2v) is 7.56. The van der Waals surface area contributed by atoms with Gasteiger partial charge in [-0.2, -0.15) is 11.8 Å². The van der Waals surface area contributed by atoms with E-state index in [-0.39, 0.29) is 4.90 Å². The lowest BCUT2D eigenvalue weighted by Crippen LogP contribution is -2.11. The van der Waals surface area contributed by atoms with E-state index in [2.05, 4.69) is 6.92 Å². The zero-order valence-electron chi connectivity index (χ0n) is 12.2. The molecule has 1 aromatic heterocycles. The van der Waals surface area contributed by atoms with Crippen LogP contribution >= 0.6 is 11.8 Å². The van der Waals surface area contributed by atoms with Gasteiger partial charge in [0.15, 0.2) is 0 Å². The quantitative estimate of drug-likeness (QED) is 0.792.